The van der Waals surface area contributed by atoms with Gasteiger partial charge >= 0.3 is 0 Å². The number of hydrogen-bond acceptors (Lipinski definition) is 3. The van der Waals surface area contributed by atoms with Crippen LogP contribution in [0.5, 0.6) is 0 Å². The first-order valence-corrected chi connectivity index (χ1v) is 7.73. The molecule has 108 valence electrons. The minimum atomic E-state index is -3.79. The Hall–Kier alpha value is -0.980. The van der Waals surface area contributed by atoms with Crippen molar-refractivity contribution < 1.29 is 12.8 Å². The van der Waals surface area contributed by atoms with Gasteiger partial charge in [-0.05, 0) is 38.6 Å². The largest absolute Gasteiger partial charge is 0.316 e. The van der Waals surface area contributed by atoms with Gasteiger partial charge in [0.05, 0.1) is 0 Å². The summed E-state index contributed by atoms with van der Waals surface area (Å²) < 4.78 is 40.0. The molecule has 0 amide bonds. The fourth-order valence-corrected chi connectivity index (χ4v) is 3.76. The SMILES string of the molecule is CCN(C(C)C)S(=O)(=O)c1cc(CNC)ccc1F. The van der Waals surface area contributed by atoms with Gasteiger partial charge in [0.15, 0.2) is 0 Å². The molecule has 1 rings (SSSR count). The molecule has 0 aliphatic carbocycles. The van der Waals surface area contributed by atoms with E-state index in [2.05, 4.69) is 5.32 Å². The quantitative estimate of drug-likeness (QED) is 0.870. The molecular formula is C13H21FN2O2S. The first-order chi connectivity index (χ1) is 8.84. The van der Waals surface area contributed by atoms with Gasteiger partial charge < -0.3 is 5.32 Å². The lowest BCUT2D eigenvalue weighted by atomic mass is 10.2. The molecule has 0 aliphatic rings. The van der Waals surface area contributed by atoms with Gasteiger partial charge in [0.1, 0.15) is 10.7 Å². The number of rotatable bonds is 6. The number of nitrogens with zero attached hydrogens (tertiary/aromatic N) is 1. The number of hydrogen-bond donors (Lipinski definition) is 1. The molecule has 0 unspecified atom stereocenters. The summed E-state index contributed by atoms with van der Waals surface area (Å²) in [7, 11) is -2.04. The van der Waals surface area contributed by atoms with Crippen LogP contribution in [0.15, 0.2) is 23.1 Å². The number of sulfonamides is 1. The first-order valence-electron chi connectivity index (χ1n) is 6.29. The molecule has 0 bridgehead atoms. The summed E-state index contributed by atoms with van der Waals surface area (Å²) in [4.78, 5) is -0.254. The summed E-state index contributed by atoms with van der Waals surface area (Å²) in [5.41, 5.74) is 0.738. The third kappa shape index (κ3) is 3.52. The van der Waals surface area contributed by atoms with Crippen LogP contribution in [0.25, 0.3) is 0 Å². The van der Waals surface area contributed by atoms with Gasteiger partial charge in [0.2, 0.25) is 10.0 Å². The normalized spacial score (nSPS) is 12.4. The Balaban J connectivity index is 3.30. The highest BCUT2D eigenvalue weighted by Crippen LogP contribution is 2.22. The lowest BCUT2D eigenvalue weighted by Crippen LogP contribution is -2.37. The van der Waals surface area contributed by atoms with Crippen LogP contribution in [0, 0.1) is 5.82 Å². The zero-order valence-corrected chi connectivity index (χ0v) is 12.6. The maximum atomic E-state index is 13.8. The van der Waals surface area contributed by atoms with Crippen LogP contribution in [0.4, 0.5) is 4.39 Å². The van der Waals surface area contributed by atoms with E-state index in [4.69, 9.17) is 0 Å². The smallest absolute Gasteiger partial charge is 0.246 e. The molecule has 19 heavy (non-hydrogen) atoms. The summed E-state index contributed by atoms with van der Waals surface area (Å²) >= 11 is 0. The van der Waals surface area contributed by atoms with Crippen molar-refractivity contribution >= 4 is 10.0 Å². The van der Waals surface area contributed by atoms with E-state index in [9.17, 15) is 12.8 Å². The van der Waals surface area contributed by atoms with Crippen LogP contribution in [-0.2, 0) is 16.6 Å². The highest BCUT2D eigenvalue weighted by Gasteiger charge is 2.28. The van der Waals surface area contributed by atoms with Crippen molar-refractivity contribution in [1.29, 1.82) is 0 Å². The minimum absolute atomic E-state index is 0.206. The molecule has 0 atom stereocenters. The number of halogens is 1. The van der Waals surface area contributed by atoms with Crippen LogP contribution in [-0.4, -0.2) is 32.4 Å². The van der Waals surface area contributed by atoms with Gasteiger partial charge in [0.25, 0.3) is 0 Å². The molecule has 1 aromatic carbocycles. The molecule has 0 heterocycles. The molecule has 1 N–H and O–H groups in total. The van der Waals surface area contributed by atoms with Crippen LogP contribution < -0.4 is 5.32 Å². The molecule has 1 aromatic rings. The first kappa shape index (κ1) is 16.1. The van der Waals surface area contributed by atoms with E-state index < -0.39 is 15.8 Å². The maximum Gasteiger partial charge on any atom is 0.246 e. The zero-order valence-electron chi connectivity index (χ0n) is 11.8. The summed E-state index contributed by atoms with van der Waals surface area (Å²) in [5, 5.41) is 2.92. The third-order valence-electron chi connectivity index (χ3n) is 2.85. The topological polar surface area (TPSA) is 49.4 Å². The molecule has 0 fully saturated rings. The predicted octanol–water partition coefficient (Wildman–Crippen LogP) is 1.96. The van der Waals surface area contributed by atoms with Gasteiger partial charge in [-0.15, -0.1) is 0 Å². The van der Waals surface area contributed by atoms with E-state index in [1.807, 2.05) is 0 Å². The standard InChI is InChI=1S/C13H21FN2O2S/c1-5-16(10(2)3)19(17,18)13-8-11(9-15-4)6-7-12(13)14/h6-8,10,15H,5,9H2,1-4H3. The van der Waals surface area contributed by atoms with Crippen molar-refractivity contribution in [3.05, 3.63) is 29.6 Å². The number of nitrogens with one attached hydrogen (secondary N) is 1. The zero-order chi connectivity index (χ0) is 14.6. The second-order valence-electron chi connectivity index (χ2n) is 4.60. The predicted molar refractivity (Wildman–Crippen MR) is 73.9 cm³/mol. The van der Waals surface area contributed by atoms with Crippen LogP contribution in [0.1, 0.15) is 26.3 Å². The monoisotopic (exact) mass is 288 g/mol. The van der Waals surface area contributed by atoms with E-state index in [0.717, 1.165) is 5.56 Å². The molecule has 0 saturated carbocycles. The fraction of sp³-hybridized carbons (Fsp3) is 0.538. The summed E-state index contributed by atoms with van der Waals surface area (Å²) in [6.07, 6.45) is 0. The van der Waals surface area contributed by atoms with Crippen LogP contribution in [0.2, 0.25) is 0 Å². The van der Waals surface area contributed by atoms with Crippen LogP contribution in [0.3, 0.4) is 0 Å². The van der Waals surface area contributed by atoms with E-state index >= 15 is 0 Å². The molecule has 6 heteroatoms. The number of benzene rings is 1. The van der Waals surface area contributed by atoms with Crippen molar-refractivity contribution in [3.8, 4) is 0 Å². The molecule has 0 spiro atoms. The Morgan fingerprint density at radius 3 is 2.47 bits per heavy atom. The van der Waals surface area contributed by atoms with E-state index in [1.54, 1.807) is 33.9 Å². The Kier molecular flexibility index (Phi) is 5.46. The van der Waals surface area contributed by atoms with Crippen LogP contribution >= 0.6 is 0 Å². The van der Waals surface area contributed by atoms with Gasteiger partial charge in [-0.3, -0.25) is 0 Å². The van der Waals surface area contributed by atoms with Crippen molar-refractivity contribution in [3.63, 3.8) is 0 Å². The van der Waals surface area contributed by atoms with Gasteiger partial charge in [0, 0.05) is 19.1 Å². The summed E-state index contributed by atoms with van der Waals surface area (Å²) in [6, 6.07) is 3.97. The van der Waals surface area contributed by atoms with Gasteiger partial charge in [-0.1, -0.05) is 13.0 Å². The van der Waals surface area contributed by atoms with E-state index in [1.165, 1.54) is 16.4 Å². The molecule has 0 saturated heterocycles. The maximum absolute atomic E-state index is 13.8. The molecule has 0 aliphatic heterocycles. The second kappa shape index (κ2) is 6.45. The van der Waals surface area contributed by atoms with E-state index in [0.29, 0.717) is 13.1 Å². The summed E-state index contributed by atoms with van der Waals surface area (Å²) in [5.74, 6) is -0.709. The Morgan fingerprint density at radius 1 is 1.37 bits per heavy atom. The van der Waals surface area contributed by atoms with E-state index in [-0.39, 0.29) is 10.9 Å². The lowest BCUT2D eigenvalue weighted by Gasteiger charge is -2.24. The lowest BCUT2D eigenvalue weighted by molar-refractivity contribution is 0.366. The fourth-order valence-electron chi connectivity index (χ4n) is 2.00. The van der Waals surface area contributed by atoms with Crippen molar-refractivity contribution in [2.75, 3.05) is 13.6 Å². The molecule has 4 nitrogen and oxygen atoms in total. The Bertz CT molecular complexity index is 529. The van der Waals surface area contributed by atoms with Crippen molar-refractivity contribution in [2.45, 2.75) is 38.3 Å². The second-order valence-corrected chi connectivity index (χ2v) is 6.46. The highest BCUT2D eigenvalue weighted by atomic mass is 32.2. The molecule has 0 aromatic heterocycles. The Morgan fingerprint density at radius 2 is 2.00 bits per heavy atom. The average Bonchev–Trinajstić information content (AvgIpc) is 2.31. The molecule has 0 radical (unpaired) electrons. The van der Waals surface area contributed by atoms with Crippen molar-refractivity contribution in [2.24, 2.45) is 0 Å². The minimum Gasteiger partial charge on any atom is -0.316 e. The highest BCUT2D eigenvalue weighted by molar-refractivity contribution is 7.89. The van der Waals surface area contributed by atoms with Gasteiger partial charge in [-0.25, -0.2) is 12.8 Å². The Labute approximate surface area is 114 Å². The van der Waals surface area contributed by atoms with Crippen molar-refractivity contribution in [1.82, 2.24) is 9.62 Å². The molecular weight excluding hydrogens is 267 g/mol. The summed E-state index contributed by atoms with van der Waals surface area (Å²) in [6.45, 7) is 6.10. The average molecular weight is 288 g/mol. The third-order valence-corrected chi connectivity index (χ3v) is 5.02. The van der Waals surface area contributed by atoms with Gasteiger partial charge in [-0.2, -0.15) is 4.31 Å².